The summed E-state index contributed by atoms with van der Waals surface area (Å²) in [5.74, 6) is 0.614. The summed E-state index contributed by atoms with van der Waals surface area (Å²) >= 11 is 1.61. The van der Waals surface area contributed by atoms with Crippen LogP contribution in [0.4, 0.5) is 5.13 Å². The molecule has 0 atom stereocenters. The third kappa shape index (κ3) is 4.20. The predicted molar refractivity (Wildman–Crippen MR) is 77.5 cm³/mol. The van der Waals surface area contributed by atoms with Gasteiger partial charge in [-0.3, -0.25) is 4.79 Å². The molecule has 0 unspecified atom stereocenters. The van der Waals surface area contributed by atoms with E-state index in [1.54, 1.807) is 11.3 Å². The van der Waals surface area contributed by atoms with Crippen LogP contribution in [0.3, 0.4) is 0 Å². The van der Waals surface area contributed by atoms with Crippen LogP contribution in [0.5, 0.6) is 0 Å². The zero-order valence-corrected chi connectivity index (χ0v) is 12.7. The van der Waals surface area contributed by atoms with Gasteiger partial charge in [0.15, 0.2) is 5.13 Å². The van der Waals surface area contributed by atoms with Gasteiger partial charge >= 0.3 is 5.97 Å². The van der Waals surface area contributed by atoms with Gasteiger partial charge in [-0.2, -0.15) is 0 Å². The minimum Gasteiger partial charge on any atom is -0.466 e. The number of carbonyl (C=O) groups excluding carboxylic acids is 1. The van der Waals surface area contributed by atoms with E-state index in [2.05, 4.69) is 24.1 Å². The van der Waals surface area contributed by atoms with Crippen molar-refractivity contribution in [3.63, 3.8) is 0 Å². The molecule has 19 heavy (non-hydrogen) atoms. The fraction of sp³-hybridized carbons (Fsp3) is 0.714. The van der Waals surface area contributed by atoms with Gasteiger partial charge in [0.25, 0.3) is 0 Å². The van der Waals surface area contributed by atoms with E-state index >= 15 is 0 Å². The first-order valence-electron chi connectivity index (χ1n) is 6.89. The van der Waals surface area contributed by atoms with Gasteiger partial charge in [0, 0.05) is 17.3 Å². The van der Waals surface area contributed by atoms with Gasteiger partial charge in [-0.1, -0.05) is 0 Å². The number of rotatable bonds is 7. The number of ether oxygens (including phenoxy) is 1. The molecule has 0 aromatic carbocycles. The Morgan fingerprint density at radius 3 is 2.95 bits per heavy atom. The number of anilines is 1. The molecule has 0 spiro atoms. The molecule has 0 amide bonds. The van der Waals surface area contributed by atoms with Crippen molar-refractivity contribution in [2.45, 2.75) is 52.0 Å². The van der Waals surface area contributed by atoms with Crippen LogP contribution in [-0.4, -0.2) is 23.1 Å². The standard InChI is InChI=1S/C14H22N2O2S/c1-4-18-12(17)8-7-11-9-19-13(15-11)16-14(2,3)10-5-6-10/h9-10H,4-8H2,1-3H3,(H,15,16). The number of aryl methyl sites for hydroxylation is 1. The third-order valence-electron chi connectivity index (χ3n) is 3.47. The number of hydrogen-bond donors (Lipinski definition) is 1. The van der Waals surface area contributed by atoms with Crippen molar-refractivity contribution >= 4 is 22.4 Å². The van der Waals surface area contributed by atoms with Crippen molar-refractivity contribution in [3.8, 4) is 0 Å². The molecule has 106 valence electrons. The minimum atomic E-state index is -0.150. The lowest BCUT2D eigenvalue weighted by molar-refractivity contribution is -0.143. The first-order chi connectivity index (χ1) is 9.01. The number of esters is 1. The second-order valence-electron chi connectivity index (χ2n) is 5.57. The Balaban J connectivity index is 1.83. The molecule has 1 aromatic heterocycles. The monoisotopic (exact) mass is 282 g/mol. The maximum atomic E-state index is 11.3. The van der Waals surface area contributed by atoms with E-state index in [1.165, 1.54) is 12.8 Å². The molecule has 0 saturated heterocycles. The van der Waals surface area contributed by atoms with Gasteiger partial charge in [-0.15, -0.1) is 11.3 Å². The fourth-order valence-corrected chi connectivity index (χ4v) is 3.04. The highest BCUT2D eigenvalue weighted by Crippen LogP contribution is 2.41. The van der Waals surface area contributed by atoms with Crippen molar-refractivity contribution in [1.82, 2.24) is 4.98 Å². The van der Waals surface area contributed by atoms with Gasteiger partial charge in [-0.05, 0) is 39.5 Å². The van der Waals surface area contributed by atoms with E-state index in [-0.39, 0.29) is 11.5 Å². The molecule has 2 rings (SSSR count). The fourth-order valence-electron chi connectivity index (χ4n) is 2.13. The molecular formula is C14H22N2O2S. The van der Waals surface area contributed by atoms with Crippen molar-refractivity contribution in [2.24, 2.45) is 5.92 Å². The van der Waals surface area contributed by atoms with E-state index in [0.717, 1.165) is 16.7 Å². The summed E-state index contributed by atoms with van der Waals surface area (Å²) in [6, 6.07) is 0. The van der Waals surface area contributed by atoms with Gasteiger partial charge in [0.1, 0.15) is 0 Å². The summed E-state index contributed by atoms with van der Waals surface area (Å²) in [7, 11) is 0. The highest BCUT2D eigenvalue weighted by atomic mass is 32.1. The van der Waals surface area contributed by atoms with Crippen LogP contribution < -0.4 is 5.32 Å². The van der Waals surface area contributed by atoms with Crippen molar-refractivity contribution in [2.75, 3.05) is 11.9 Å². The lowest BCUT2D eigenvalue weighted by Gasteiger charge is -2.25. The SMILES string of the molecule is CCOC(=O)CCc1csc(NC(C)(C)C2CC2)n1. The maximum absolute atomic E-state index is 11.3. The van der Waals surface area contributed by atoms with Crippen molar-refractivity contribution in [1.29, 1.82) is 0 Å². The molecular weight excluding hydrogens is 260 g/mol. The normalized spacial score (nSPS) is 15.3. The van der Waals surface area contributed by atoms with E-state index in [9.17, 15) is 4.79 Å². The first-order valence-corrected chi connectivity index (χ1v) is 7.77. The molecule has 1 saturated carbocycles. The number of nitrogens with zero attached hydrogens (tertiary/aromatic N) is 1. The Hall–Kier alpha value is -1.10. The molecule has 0 bridgehead atoms. The van der Waals surface area contributed by atoms with Crippen LogP contribution in [0.25, 0.3) is 0 Å². The Kier molecular flexibility index (Phi) is 4.45. The summed E-state index contributed by atoms with van der Waals surface area (Å²) in [5, 5.41) is 6.48. The molecule has 1 aromatic rings. The highest BCUT2D eigenvalue weighted by molar-refractivity contribution is 7.13. The van der Waals surface area contributed by atoms with Crippen LogP contribution in [0.1, 0.15) is 45.7 Å². The average Bonchev–Trinajstić information content (AvgIpc) is 3.11. The molecule has 1 heterocycles. The largest absolute Gasteiger partial charge is 0.466 e. The smallest absolute Gasteiger partial charge is 0.306 e. The summed E-state index contributed by atoms with van der Waals surface area (Å²) < 4.78 is 4.91. The average molecular weight is 282 g/mol. The van der Waals surface area contributed by atoms with Crippen molar-refractivity contribution < 1.29 is 9.53 Å². The van der Waals surface area contributed by atoms with Crippen LogP contribution in [0, 0.1) is 5.92 Å². The molecule has 5 heteroatoms. The number of aromatic nitrogens is 1. The number of carbonyl (C=O) groups is 1. The Bertz CT molecular complexity index is 438. The summed E-state index contributed by atoms with van der Waals surface area (Å²) in [6.45, 7) is 6.72. The van der Waals surface area contributed by atoms with Gasteiger partial charge in [0.05, 0.1) is 18.7 Å². The van der Waals surface area contributed by atoms with Gasteiger partial charge < -0.3 is 10.1 Å². The van der Waals surface area contributed by atoms with E-state index in [0.29, 0.717) is 19.4 Å². The van der Waals surface area contributed by atoms with E-state index < -0.39 is 0 Å². The Morgan fingerprint density at radius 1 is 1.58 bits per heavy atom. The Morgan fingerprint density at radius 2 is 2.32 bits per heavy atom. The van der Waals surface area contributed by atoms with Gasteiger partial charge in [-0.25, -0.2) is 4.98 Å². The molecule has 4 nitrogen and oxygen atoms in total. The predicted octanol–water partition coefficient (Wildman–Crippen LogP) is 3.24. The summed E-state index contributed by atoms with van der Waals surface area (Å²) in [4.78, 5) is 15.8. The molecule has 1 aliphatic rings. The molecule has 1 aliphatic carbocycles. The second-order valence-corrected chi connectivity index (χ2v) is 6.43. The second kappa shape index (κ2) is 5.90. The number of thiazole rings is 1. The summed E-state index contributed by atoms with van der Waals surface area (Å²) in [6.07, 6.45) is 3.67. The molecule has 0 radical (unpaired) electrons. The van der Waals surface area contributed by atoms with Crippen LogP contribution in [-0.2, 0) is 16.0 Å². The number of hydrogen-bond acceptors (Lipinski definition) is 5. The first kappa shape index (κ1) is 14.3. The lowest BCUT2D eigenvalue weighted by Crippen LogP contribution is -2.33. The minimum absolute atomic E-state index is 0.121. The number of nitrogens with one attached hydrogen (secondary N) is 1. The van der Waals surface area contributed by atoms with Crippen LogP contribution in [0.15, 0.2) is 5.38 Å². The molecule has 1 fully saturated rings. The van der Waals surface area contributed by atoms with Crippen molar-refractivity contribution in [3.05, 3.63) is 11.1 Å². The van der Waals surface area contributed by atoms with E-state index in [1.807, 2.05) is 12.3 Å². The maximum Gasteiger partial charge on any atom is 0.306 e. The van der Waals surface area contributed by atoms with E-state index in [4.69, 9.17) is 4.74 Å². The molecule has 1 N–H and O–H groups in total. The molecule has 0 aliphatic heterocycles. The zero-order chi connectivity index (χ0) is 13.9. The van der Waals surface area contributed by atoms with Crippen LogP contribution >= 0.6 is 11.3 Å². The Labute approximate surface area is 118 Å². The zero-order valence-electron chi connectivity index (χ0n) is 11.9. The quantitative estimate of drug-likeness (QED) is 0.780. The van der Waals surface area contributed by atoms with Gasteiger partial charge in [0.2, 0.25) is 0 Å². The summed E-state index contributed by atoms with van der Waals surface area (Å²) in [5.41, 5.74) is 1.09. The van der Waals surface area contributed by atoms with Crippen LogP contribution in [0.2, 0.25) is 0 Å². The lowest BCUT2D eigenvalue weighted by atomic mass is 9.99. The third-order valence-corrected chi connectivity index (χ3v) is 4.28. The highest BCUT2D eigenvalue weighted by Gasteiger charge is 2.38. The topological polar surface area (TPSA) is 51.2 Å².